The van der Waals surface area contributed by atoms with Gasteiger partial charge in [-0.15, -0.1) is 0 Å². The fourth-order valence-electron chi connectivity index (χ4n) is 5.30. The molecule has 0 radical (unpaired) electrons. The second kappa shape index (κ2) is 6.97. The van der Waals surface area contributed by atoms with E-state index in [0.717, 1.165) is 23.2 Å². The first-order valence-electron chi connectivity index (χ1n) is 10.3. The molecule has 4 heterocycles. The average molecular weight is 382 g/mol. The second-order valence-corrected chi connectivity index (χ2v) is 8.62. The van der Waals surface area contributed by atoms with Crippen LogP contribution in [0.2, 0.25) is 0 Å². The molecule has 3 amide bonds. The quantitative estimate of drug-likeness (QED) is 0.652. The molecule has 4 fully saturated rings. The lowest BCUT2D eigenvalue weighted by molar-refractivity contribution is -0.136. The highest BCUT2D eigenvalue weighted by molar-refractivity contribution is 6.05. The summed E-state index contributed by atoms with van der Waals surface area (Å²) in [4.78, 5) is 38.3. The molecule has 0 aromatic heterocycles. The van der Waals surface area contributed by atoms with Gasteiger partial charge in [0.25, 0.3) is 5.91 Å². The Morgan fingerprint density at radius 2 is 1.89 bits per heavy atom. The number of hydrogen-bond donors (Lipinski definition) is 3. The van der Waals surface area contributed by atoms with Gasteiger partial charge in [-0.1, -0.05) is 18.2 Å². The second-order valence-electron chi connectivity index (χ2n) is 8.62. The van der Waals surface area contributed by atoms with Crippen LogP contribution in [0.15, 0.2) is 18.2 Å². The van der Waals surface area contributed by atoms with Crippen molar-refractivity contribution in [2.24, 2.45) is 5.92 Å². The average Bonchev–Trinajstić information content (AvgIpc) is 2.99. The van der Waals surface area contributed by atoms with Gasteiger partial charge >= 0.3 is 0 Å². The first-order chi connectivity index (χ1) is 13.6. The molecule has 5 aliphatic rings. The van der Waals surface area contributed by atoms with Crippen LogP contribution >= 0.6 is 0 Å². The van der Waals surface area contributed by atoms with Gasteiger partial charge in [-0.3, -0.25) is 19.7 Å². The number of imide groups is 1. The number of benzene rings is 1. The van der Waals surface area contributed by atoms with Crippen LogP contribution in [0.5, 0.6) is 0 Å². The van der Waals surface area contributed by atoms with Gasteiger partial charge in [-0.25, -0.2) is 0 Å². The molecule has 0 spiro atoms. The molecule has 1 aliphatic carbocycles. The Balaban J connectivity index is 1.25. The number of amides is 3. The fraction of sp³-hybridized carbons (Fsp3) is 0.571. The van der Waals surface area contributed by atoms with Gasteiger partial charge in [-0.2, -0.15) is 0 Å². The molecule has 2 unspecified atom stereocenters. The molecule has 1 aromatic carbocycles. The maximum absolute atomic E-state index is 13.1. The van der Waals surface area contributed by atoms with Crippen molar-refractivity contribution in [3.8, 4) is 0 Å². The zero-order valence-corrected chi connectivity index (χ0v) is 15.9. The number of hydrogen-bond acceptors (Lipinski definition) is 5. The lowest BCUT2D eigenvalue weighted by atomic mass is 9.76. The standard InChI is InChI=1S/C21H26N4O3/c26-18-5-4-17(20(27)24-18)25-11-14-3-1-2-13(19(14)21(25)28)10-22-9-12-6-15-8-16(7-12)23-15/h1-3,12,15-17,22-23H,4-11H2,(H,24,26,27)/t12?,15-,16+,17?. The van der Waals surface area contributed by atoms with Crippen LogP contribution in [0, 0.1) is 5.92 Å². The van der Waals surface area contributed by atoms with E-state index in [-0.39, 0.29) is 24.1 Å². The summed E-state index contributed by atoms with van der Waals surface area (Å²) < 4.78 is 0. The van der Waals surface area contributed by atoms with Crippen molar-refractivity contribution < 1.29 is 14.4 Å². The van der Waals surface area contributed by atoms with Crippen LogP contribution in [0.4, 0.5) is 0 Å². The van der Waals surface area contributed by atoms with Crippen molar-refractivity contribution in [2.75, 3.05) is 6.54 Å². The minimum absolute atomic E-state index is 0.0926. The minimum atomic E-state index is -0.556. The van der Waals surface area contributed by atoms with E-state index >= 15 is 0 Å². The van der Waals surface area contributed by atoms with Crippen molar-refractivity contribution in [1.29, 1.82) is 0 Å². The normalized spacial score (nSPS) is 31.4. The Labute approximate surface area is 164 Å². The Morgan fingerprint density at radius 3 is 2.64 bits per heavy atom. The number of carbonyl (C=O) groups is 3. The molecule has 2 bridgehead atoms. The zero-order valence-electron chi connectivity index (χ0n) is 15.9. The Hall–Kier alpha value is -2.25. The summed E-state index contributed by atoms with van der Waals surface area (Å²) in [5.41, 5.74) is 2.70. The third kappa shape index (κ3) is 3.12. The molecule has 1 aromatic rings. The van der Waals surface area contributed by atoms with Gasteiger partial charge in [-0.05, 0) is 49.3 Å². The minimum Gasteiger partial charge on any atom is -0.322 e. The van der Waals surface area contributed by atoms with Gasteiger partial charge in [0.1, 0.15) is 6.04 Å². The van der Waals surface area contributed by atoms with Gasteiger partial charge in [0.05, 0.1) is 0 Å². The Bertz CT molecular complexity index is 823. The van der Waals surface area contributed by atoms with Gasteiger partial charge in [0.15, 0.2) is 0 Å². The van der Waals surface area contributed by atoms with E-state index in [9.17, 15) is 14.4 Å². The number of fused-ring (bicyclic) bond motifs is 3. The highest BCUT2D eigenvalue weighted by atomic mass is 16.2. The third-order valence-corrected chi connectivity index (χ3v) is 6.66. The monoisotopic (exact) mass is 382 g/mol. The smallest absolute Gasteiger partial charge is 0.255 e. The molecule has 7 nitrogen and oxygen atoms in total. The van der Waals surface area contributed by atoms with Gasteiger partial charge in [0, 0.05) is 37.2 Å². The van der Waals surface area contributed by atoms with Crippen molar-refractivity contribution >= 4 is 17.7 Å². The van der Waals surface area contributed by atoms with E-state index < -0.39 is 6.04 Å². The van der Waals surface area contributed by atoms with Crippen LogP contribution in [-0.2, 0) is 22.7 Å². The lowest BCUT2D eigenvalue weighted by Crippen LogP contribution is -2.58. The Kier molecular flexibility index (Phi) is 4.44. The van der Waals surface area contributed by atoms with Crippen molar-refractivity contribution in [2.45, 2.75) is 63.3 Å². The van der Waals surface area contributed by atoms with Crippen LogP contribution < -0.4 is 16.0 Å². The molecule has 1 saturated carbocycles. The first-order valence-corrected chi connectivity index (χ1v) is 10.3. The molecule has 4 atom stereocenters. The topological polar surface area (TPSA) is 90.5 Å². The van der Waals surface area contributed by atoms with E-state index in [4.69, 9.17) is 0 Å². The van der Waals surface area contributed by atoms with E-state index in [1.54, 1.807) is 4.90 Å². The zero-order chi connectivity index (χ0) is 19.3. The summed E-state index contributed by atoms with van der Waals surface area (Å²) in [5.74, 6) is -0.00477. The SMILES string of the molecule is O=C1CCC(N2Cc3cccc(CNCC4C[C@@H]5C[C@H](C4)N5)c3C2=O)C(=O)N1. The van der Waals surface area contributed by atoms with E-state index in [0.29, 0.717) is 37.5 Å². The molecule has 28 heavy (non-hydrogen) atoms. The summed E-state index contributed by atoms with van der Waals surface area (Å²) in [5, 5.41) is 9.47. The number of nitrogens with one attached hydrogen (secondary N) is 3. The summed E-state index contributed by atoms with van der Waals surface area (Å²) in [6.45, 7) is 2.08. The largest absolute Gasteiger partial charge is 0.322 e. The fourth-order valence-corrected chi connectivity index (χ4v) is 5.30. The van der Waals surface area contributed by atoms with Gasteiger partial charge < -0.3 is 15.5 Å². The lowest BCUT2D eigenvalue weighted by Gasteiger charge is -2.46. The number of rotatable bonds is 5. The maximum atomic E-state index is 13.1. The predicted octanol–water partition coefficient (Wildman–Crippen LogP) is 0.678. The maximum Gasteiger partial charge on any atom is 0.255 e. The number of carbonyl (C=O) groups excluding carboxylic acids is 3. The van der Waals surface area contributed by atoms with Crippen LogP contribution in [0.3, 0.4) is 0 Å². The van der Waals surface area contributed by atoms with E-state index in [2.05, 4.69) is 16.0 Å². The molecule has 7 heteroatoms. The summed E-state index contributed by atoms with van der Waals surface area (Å²) in [7, 11) is 0. The van der Waals surface area contributed by atoms with E-state index in [1.165, 1.54) is 19.3 Å². The molecule has 3 saturated heterocycles. The molecular formula is C21H26N4O3. The summed E-state index contributed by atoms with van der Waals surface area (Å²) in [6, 6.07) is 6.79. The highest BCUT2D eigenvalue weighted by Crippen LogP contribution is 2.33. The highest BCUT2D eigenvalue weighted by Gasteiger charge is 2.40. The molecule has 6 rings (SSSR count). The van der Waals surface area contributed by atoms with Crippen LogP contribution in [0.1, 0.15) is 53.6 Å². The van der Waals surface area contributed by atoms with Crippen molar-refractivity contribution in [1.82, 2.24) is 20.9 Å². The van der Waals surface area contributed by atoms with Crippen molar-refractivity contribution in [3.63, 3.8) is 0 Å². The summed E-state index contributed by atoms with van der Waals surface area (Å²) >= 11 is 0. The molecule has 148 valence electrons. The van der Waals surface area contributed by atoms with Gasteiger partial charge in [0.2, 0.25) is 11.8 Å². The third-order valence-electron chi connectivity index (χ3n) is 6.66. The van der Waals surface area contributed by atoms with E-state index in [1.807, 2.05) is 18.2 Å². The number of piperidine rings is 2. The number of nitrogens with zero attached hydrogens (tertiary/aromatic N) is 1. The van der Waals surface area contributed by atoms with Crippen LogP contribution in [0.25, 0.3) is 0 Å². The molecular weight excluding hydrogens is 356 g/mol. The van der Waals surface area contributed by atoms with Crippen molar-refractivity contribution in [3.05, 3.63) is 34.9 Å². The molecule has 3 N–H and O–H groups in total. The summed E-state index contributed by atoms with van der Waals surface area (Å²) in [6.07, 6.45) is 4.48. The van der Waals surface area contributed by atoms with Crippen LogP contribution in [-0.4, -0.2) is 47.3 Å². The first kappa shape index (κ1) is 17.8. The predicted molar refractivity (Wildman–Crippen MR) is 102 cm³/mol. The Morgan fingerprint density at radius 1 is 1.11 bits per heavy atom. The molecule has 4 aliphatic heterocycles.